The molecule has 4 heteroatoms. The van der Waals surface area contributed by atoms with Crippen molar-refractivity contribution < 1.29 is 9.53 Å². The lowest BCUT2D eigenvalue weighted by atomic mass is 10.2. The Bertz CT molecular complexity index is 366. The van der Waals surface area contributed by atoms with Crippen LogP contribution < -0.4 is 0 Å². The number of hydrogen-bond donors (Lipinski definition) is 0. The van der Waals surface area contributed by atoms with Crippen LogP contribution in [-0.4, -0.2) is 35.5 Å². The van der Waals surface area contributed by atoms with Crippen LogP contribution in [0.4, 0.5) is 0 Å². The summed E-state index contributed by atoms with van der Waals surface area (Å²) in [5.41, 5.74) is 2.26. The molecule has 0 atom stereocenters. The van der Waals surface area contributed by atoms with Gasteiger partial charge in [0, 0.05) is 18.9 Å². The summed E-state index contributed by atoms with van der Waals surface area (Å²) < 4.78 is 4.94. The maximum atomic E-state index is 11.4. The molecular formula is C13H20N2O2. The van der Waals surface area contributed by atoms with Crippen molar-refractivity contribution in [2.75, 3.05) is 19.7 Å². The van der Waals surface area contributed by atoms with Crippen LogP contribution in [0.2, 0.25) is 0 Å². The van der Waals surface area contributed by atoms with E-state index in [2.05, 4.69) is 11.1 Å². The molecule has 0 saturated carbocycles. The highest BCUT2D eigenvalue weighted by Crippen LogP contribution is 2.05. The second kappa shape index (κ2) is 7.01. The summed E-state index contributed by atoms with van der Waals surface area (Å²) in [6, 6.07) is 2.08. The largest absolute Gasteiger partial charge is 0.465 e. The van der Waals surface area contributed by atoms with Crippen molar-refractivity contribution >= 4 is 5.97 Å². The van der Waals surface area contributed by atoms with Gasteiger partial charge in [0.05, 0.1) is 13.2 Å². The SMILES string of the molecule is CCOC(=O)CN(CC)Cc1cncc(C)c1. The van der Waals surface area contributed by atoms with Gasteiger partial charge in [-0.1, -0.05) is 13.0 Å². The Labute approximate surface area is 103 Å². The summed E-state index contributed by atoms with van der Waals surface area (Å²) in [6.07, 6.45) is 3.66. The van der Waals surface area contributed by atoms with Crippen LogP contribution in [0.5, 0.6) is 0 Å². The van der Waals surface area contributed by atoms with Crippen molar-refractivity contribution in [3.8, 4) is 0 Å². The van der Waals surface area contributed by atoms with Crippen LogP contribution >= 0.6 is 0 Å². The number of aryl methyl sites for hydroxylation is 1. The highest BCUT2D eigenvalue weighted by Gasteiger charge is 2.10. The van der Waals surface area contributed by atoms with E-state index < -0.39 is 0 Å². The minimum absolute atomic E-state index is 0.171. The Hall–Kier alpha value is -1.42. The van der Waals surface area contributed by atoms with Crippen LogP contribution in [0.25, 0.3) is 0 Å². The Morgan fingerprint density at radius 2 is 2.18 bits per heavy atom. The molecule has 0 radical (unpaired) electrons. The predicted molar refractivity (Wildman–Crippen MR) is 66.6 cm³/mol. The van der Waals surface area contributed by atoms with Crippen molar-refractivity contribution in [2.45, 2.75) is 27.3 Å². The number of carbonyl (C=O) groups excluding carboxylic acids is 1. The third-order valence-corrected chi connectivity index (χ3v) is 2.44. The van der Waals surface area contributed by atoms with E-state index in [1.165, 1.54) is 0 Å². The van der Waals surface area contributed by atoms with Crippen LogP contribution in [0.15, 0.2) is 18.5 Å². The fourth-order valence-electron chi connectivity index (χ4n) is 1.63. The third kappa shape index (κ3) is 4.95. The van der Waals surface area contributed by atoms with E-state index in [4.69, 9.17) is 4.74 Å². The van der Waals surface area contributed by atoms with Gasteiger partial charge in [-0.05, 0) is 31.5 Å². The van der Waals surface area contributed by atoms with Crippen molar-refractivity contribution in [2.24, 2.45) is 0 Å². The average molecular weight is 236 g/mol. The first kappa shape index (κ1) is 13.6. The molecule has 0 saturated heterocycles. The fourth-order valence-corrected chi connectivity index (χ4v) is 1.63. The molecule has 1 aromatic rings. The second-order valence-electron chi connectivity index (χ2n) is 3.98. The number of ether oxygens (including phenoxy) is 1. The summed E-state index contributed by atoms with van der Waals surface area (Å²) in [7, 11) is 0. The maximum absolute atomic E-state index is 11.4. The fraction of sp³-hybridized carbons (Fsp3) is 0.538. The summed E-state index contributed by atoms with van der Waals surface area (Å²) in [4.78, 5) is 17.6. The number of rotatable bonds is 6. The number of esters is 1. The van der Waals surface area contributed by atoms with Crippen LogP contribution in [-0.2, 0) is 16.1 Å². The van der Waals surface area contributed by atoms with Crippen LogP contribution in [0.1, 0.15) is 25.0 Å². The molecule has 0 fully saturated rings. The highest BCUT2D eigenvalue weighted by molar-refractivity contribution is 5.71. The molecule has 94 valence electrons. The lowest BCUT2D eigenvalue weighted by molar-refractivity contribution is -0.144. The maximum Gasteiger partial charge on any atom is 0.320 e. The van der Waals surface area contributed by atoms with E-state index in [0.29, 0.717) is 13.2 Å². The average Bonchev–Trinajstić information content (AvgIpc) is 2.28. The molecule has 0 N–H and O–H groups in total. The standard InChI is InChI=1S/C13H20N2O2/c1-4-15(10-13(16)17-5-2)9-12-6-11(3)7-14-8-12/h6-8H,4-5,9-10H2,1-3H3. The van der Waals surface area contributed by atoms with Gasteiger partial charge in [0.25, 0.3) is 0 Å². The molecule has 1 heterocycles. The highest BCUT2D eigenvalue weighted by atomic mass is 16.5. The van der Waals surface area contributed by atoms with Crippen LogP contribution in [0, 0.1) is 6.92 Å². The molecule has 1 rings (SSSR count). The molecule has 4 nitrogen and oxygen atoms in total. The quantitative estimate of drug-likeness (QED) is 0.706. The Kier molecular flexibility index (Phi) is 5.63. The van der Waals surface area contributed by atoms with Gasteiger partial charge in [0.15, 0.2) is 0 Å². The summed E-state index contributed by atoms with van der Waals surface area (Å²) in [6.45, 7) is 8.16. The number of nitrogens with zero attached hydrogens (tertiary/aromatic N) is 2. The monoisotopic (exact) mass is 236 g/mol. The zero-order valence-corrected chi connectivity index (χ0v) is 10.8. The first-order valence-corrected chi connectivity index (χ1v) is 5.94. The predicted octanol–water partition coefficient (Wildman–Crippen LogP) is 1.78. The zero-order chi connectivity index (χ0) is 12.7. The van der Waals surface area contributed by atoms with Gasteiger partial charge in [0.2, 0.25) is 0 Å². The number of hydrogen-bond acceptors (Lipinski definition) is 4. The molecule has 17 heavy (non-hydrogen) atoms. The minimum atomic E-state index is -0.171. The second-order valence-corrected chi connectivity index (χ2v) is 3.98. The number of likely N-dealkylation sites (N-methyl/N-ethyl adjacent to an activating group) is 1. The third-order valence-electron chi connectivity index (χ3n) is 2.44. The molecule has 0 aromatic carbocycles. The first-order chi connectivity index (χ1) is 8.15. The number of aromatic nitrogens is 1. The topological polar surface area (TPSA) is 42.4 Å². The molecular weight excluding hydrogens is 216 g/mol. The summed E-state index contributed by atoms with van der Waals surface area (Å²) >= 11 is 0. The molecule has 0 bridgehead atoms. The van der Waals surface area contributed by atoms with Gasteiger partial charge >= 0.3 is 5.97 Å². The summed E-state index contributed by atoms with van der Waals surface area (Å²) in [5, 5.41) is 0. The molecule has 0 spiro atoms. The van der Waals surface area contributed by atoms with Crippen molar-refractivity contribution in [3.05, 3.63) is 29.6 Å². The zero-order valence-electron chi connectivity index (χ0n) is 10.8. The summed E-state index contributed by atoms with van der Waals surface area (Å²) in [5.74, 6) is -0.171. The van der Waals surface area contributed by atoms with Crippen molar-refractivity contribution in [3.63, 3.8) is 0 Å². The van der Waals surface area contributed by atoms with E-state index >= 15 is 0 Å². The van der Waals surface area contributed by atoms with E-state index in [1.54, 1.807) is 0 Å². The van der Waals surface area contributed by atoms with E-state index in [0.717, 1.165) is 24.2 Å². The van der Waals surface area contributed by atoms with Crippen LogP contribution in [0.3, 0.4) is 0 Å². The van der Waals surface area contributed by atoms with Gasteiger partial charge in [-0.15, -0.1) is 0 Å². The molecule has 0 unspecified atom stereocenters. The molecule has 0 aliphatic rings. The number of carbonyl (C=O) groups is 1. The van der Waals surface area contributed by atoms with E-state index in [9.17, 15) is 4.79 Å². The molecule has 0 aliphatic heterocycles. The normalized spacial score (nSPS) is 10.6. The van der Waals surface area contributed by atoms with E-state index in [1.807, 2.05) is 38.1 Å². The molecule has 0 aliphatic carbocycles. The lowest BCUT2D eigenvalue weighted by Crippen LogP contribution is -2.30. The Balaban J connectivity index is 2.54. The minimum Gasteiger partial charge on any atom is -0.465 e. The Morgan fingerprint density at radius 1 is 1.41 bits per heavy atom. The first-order valence-electron chi connectivity index (χ1n) is 5.94. The van der Waals surface area contributed by atoms with Gasteiger partial charge in [-0.25, -0.2) is 0 Å². The van der Waals surface area contributed by atoms with Gasteiger partial charge in [-0.3, -0.25) is 14.7 Å². The lowest BCUT2D eigenvalue weighted by Gasteiger charge is -2.19. The van der Waals surface area contributed by atoms with Gasteiger partial charge in [0.1, 0.15) is 0 Å². The Morgan fingerprint density at radius 3 is 2.76 bits per heavy atom. The van der Waals surface area contributed by atoms with Gasteiger partial charge < -0.3 is 4.74 Å². The van der Waals surface area contributed by atoms with Gasteiger partial charge in [-0.2, -0.15) is 0 Å². The van der Waals surface area contributed by atoms with E-state index in [-0.39, 0.29) is 5.97 Å². The van der Waals surface area contributed by atoms with Crippen molar-refractivity contribution in [1.82, 2.24) is 9.88 Å². The smallest absolute Gasteiger partial charge is 0.320 e. The van der Waals surface area contributed by atoms with Crippen molar-refractivity contribution in [1.29, 1.82) is 0 Å². The molecule has 0 amide bonds. The molecule has 1 aromatic heterocycles. The number of pyridine rings is 1.